The van der Waals surface area contributed by atoms with Crippen LogP contribution in [0.25, 0.3) is 0 Å². The average Bonchev–Trinajstić information content (AvgIpc) is 2.57. The third kappa shape index (κ3) is 4.47. The number of hydrogen-bond donors (Lipinski definition) is 1. The number of nitrogens with zero attached hydrogens (tertiary/aromatic N) is 1. The summed E-state index contributed by atoms with van der Waals surface area (Å²) in [5.41, 5.74) is 3.01. The Balaban J connectivity index is 1.85. The Kier molecular flexibility index (Phi) is 5.51. The number of ether oxygens (including phenoxy) is 1. The van der Waals surface area contributed by atoms with Crippen molar-refractivity contribution >= 4 is 11.6 Å². The maximum Gasteiger partial charge on any atom is 0.246 e. The average molecular weight is 338 g/mol. The monoisotopic (exact) mass is 338 g/mol. The zero-order valence-electron chi connectivity index (χ0n) is 15.1. The molecule has 1 fully saturated rings. The third-order valence-corrected chi connectivity index (χ3v) is 4.50. The highest BCUT2D eigenvalue weighted by Crippen LogP contribution is 2.26. The second-order valence-corrected chi connectivity index (χ2v) is 6.88. The van der Waals surface area contributed by atoms with Crippen LogP contribution >= 0.6 is 0 Å². The van der Waals surface area contributed by atoms with Gasteiger partial charge in [-0.05, 0) is 38.5 Å². The molecule has 3 atom stereocenters. The number of carbonyl (C=O) groups is 1. The van der Waals surface area contributed by atoms with Crippen LogP contribution in [0.15, 0.2) is 54.6 Å². The van der Waals surface area contributed by atoms with E-state index in [9.17, 15) is 4.79 Å². The maximum absolute atomic E-state index is 13.1. The van der Waals surface area contributed by atoms with Crippen molar-refractivity contribution in [3.8, 4) is 0 Å². The predicted molar refractivity (Wildman–Crippen MR) is 101 cm³/mol. The SMILES string of the molecule is Cc1ccc(NC(=O)[C@H](c2ccccc2)N2C[C@H](C)O[C@@H](C)C2)cc1. The molecule has 1 aliphatic heterocycles. The van der Waals surface area contributed by atoms with Crippen molar-refractivity contribution in [2.24, 2.45) is 0 Å². The molecule has 0 aromatic heterocycles. The van der Waals surface area contributed by atoms with Gasteiger partial charge in [-0.1, -0.05) is 48.0 Å². The minimum atomic E-state index is -0.323. The highest BCUT2D eigenvalue weighted by molar-refractivity contribution is 5.95. The fourth-order valence-electron chi connectivity index (χ4n) is 3.44. The van der Waals surface area contributed by atoms with Crippen molar-refractivity contribution in [1.82, 2.24) is 4.90 Å². The van der Waals surface area contributed by atoms with Crippen LogP contribution < -0.4 is 5.32 Å². The van der Waals surface area contributed by atoms with Gasteiger partial charge in [-0.3, -0.25) is 9.69 Å². The molecule has 25 heavy (non-hydrogen) atoms. The molecule has 2 aromatic rings. The molecule has 3 rings (SSSR count). The summed E-state index contributed by atoms with van der Waals surface area (Å²) >= 11 is 0. The van der Waals surface area contributed by atoms with Gasteiger partial charge in [0.05, 0.1) is 12.2 Å². The lowest BCUT2D eigenvalue weighted by atomic mass is 10.0. The second-order valence-electron chi connectivity index (χ2n) is 6.88. The summed E-state index contributed by atoms with van der Waals surface area (Å²) in [4.78, 5) is 15.3. The molecular formula is C21H26N2O2. The number of rotatable bonds is 4. The molecule has 1 N–H and O–H groups in total. The standard InChI is InChI=1S/C21H26N2O2/c1-15-9-11-19(12-10-15)22-21(24)20(18-7-5-4-6-8-18)23-13-16(2)25-17(3)14-23/h4-12,16-17,20H,13-14H2,1-3H3,(H,22,24)/t16-,17-,20-/m0/s1. The summed E-state index contributed by atoms with van der Waals surface area (Å²) in [5.74, 6) is -0.00338. The van der Waals surface area contributed by atoms with Crippen molar-refractivity contribution in [3.05, 3.63) is 65.7 Å². The fourth-order valence-corrected chi connectivity index (χ4v) is 3.44. The van der Waals surface area contributed by atoms with Crippen LogP contribution in [0, 0.1) is 6.92 Å². The molecule has 0 radical (unpaired) electrons. The molecule has 1 aliphatic rings. The Morgan fingerprint density at radius 3 is 2.24 bits per heavy atom. The Morgan fingerprint density at radius 1 is 1.04 bits per heavy atom. The summed E-state index contributed by atoms with van der Waals surface area (Å²) < 4.78 is 5.84. The molecule has 0 saturated carbocycles. The first-order chi connectivity index (χ1) is 12.0. The van der Waals surface area contributed by atoms with Crippen molar-refractivity contribution in [2.45, 2.75) is 39.0 Å². The van der Waals surface area contributed by atoms with E-state index in [0.717, 1.165) is 24.3 Å². The zero-order valence-corrected chi connectivity index (χ0v) is 15.1. The van der Waals surface area contributed by atoms with E-state index < -0.39 is 0 Å². The number of aryl methyl sites for hydroxylation is 1. The molecule has 0 unspecified atom stereocenters. The Bertz CT molecular complexity index is 690. The molecule has 0 spiro atoms. The smallest absolute Gasteiger partial charge is 0.246 e. The van der Waals surface area contributed by atoms with Crippen LogP contribution in [-0.4, -0.2) is 36.1 Å². The third-order valence-electron chi connectivity index (χ3n) is 4.50. The molecule has 2 aromatic carbocycles. The first kappa shape index (κ1) is 17.6. The van der Waals surface area contributed by atoms with E-state index in [4.69, 9.17) is 4.74 Å². The largest absolute Gasteiger partial charge is 0.373 e. The molecule has 1 saturated heterocycles. The molecule has 1 amide bonds. The number of nitrogens with one attached hydrogen (secondary N) is 1. The van der Waals surface area contributed by atoms with E-state index in [1.165, 1.54) is 5.56 Å². The van der Waals surface area contributed by atoms with E-state index in [0.29, 0.717) is 0 Å². The first-order valence-electron chi connectivity index (χ1n) is 8.85. The van der Waals surface area contributed by atoms with Gasteiger partial charge in [-0.2, -0.15) is 0 Å². The molecule has 1 heterocycles. The lowest BCUT2D eigenvalue weighted by Crippen LogP contribution is -2.49. The van der Waals surface area contributed by atoms with Crippen LogP contribution in [0.1, 0.15) is 31.0 Å². The molecule has 132 valence electrons. The van der Waals surface area contributed by atoms with E-state index in [1.807, 2.05) is 61.5 Å². The number of amides is 1. The van der Waals surface area contributed by atoms with Crippen LogP contribution in [0.2, 0.25) is 0 Å². The maximum atomic E-state index is 13.1. The van der Waals surface area contributed by atoms with Crippen LogP contribution in [0.3, 0.4) is 0 Å². The van der Waals surface area contributed by atoms with Gasteiger partial charge >= 0.3 is 0 Å². The summed E-state index contributed by atoms with van der Waals surface area (Å²) in [6, 6.07) is 17.6. The highest BCUT2D eigenvalue weighted by Gasteiger charge is 2.33. The predicted octanol–water partition coefficient (Wildman–Crippen LogP) is 3.78. The second kappa shape index (κ2) is 7.81. The van der Waals surface area contributed by atoms with Crippen molar-refractivity contribution in [3.63, 3.8) is 0 Å². The Morgan fingerprint density at radius 2 is 1.64 bits per heavy atom. The molecule has 4 heteroatoms. The Hall–Kier alpha value is -2.17. The first-order valence-corrected chi connectivity index (χ1v) is 8.85. The molecule has 0 aliphatic carbocycles. The fraction of sp³-hybridized carbons (Fsp3) is 0.381. The minimum absolute atomic E-state index is 0.00338. The normalized spacial score (nSPS) is 22.4. The van der Waals surface area contributed by atoms with Crippen LogP contribution in [0.4, 0.5) is 5.69 Å². The number of hydrogen-bond acceptors (Lipinski definition) is 3. The quantitative estimate of drug-likeness (QED) is 0.922. The molecular weight excluding hydrogens is 312 g/mol. The minimum Gasteiger partial charge on any atom is -0.373 e. The lowest BCUT2D eigenvalue weighted by molar-refractivity contribution is -0.128. The van der Waals surface area contributed by atoms with Gasteiger partial charge in [0.15, 0.2) is 0 Å². The summed E-state index contributed by atoms with van der Waals surface area (Å²) in [5, 5.41) is 3.07. The van der Waals surface area contributed by atoms with E-state index >= 15 is 0 Å². The Labute approximate surface area is 149 Å². The van der Waals surface area contributed by atoms with Crippen molar-refractivity contribution in [1.29, 1.82) is 0 Å². The number of benzene rings is 2. The van der Waals surface area contributed by atoms with Gasteiger partial charge in [0.1, 0.15) is 6.04 Å². The summed E-state index contributed by atoms with van der Waals surface area (Å²) in [6.07, 6.45) is 0.226. The van der Waals surface area contributed by atoms with Gasteiger partial charge in [0.25, 0.3) is 0 Å². The van der Waals surface area contributed by atoms with Gasteiger partial charge < -0.3 is 10.1 Å². The van der Waals surface area contributed by atoms with Crippen molar-refractivity contribution < 1.29 is 9.53 Å². The van der Waals surface area contributed by atoms with Gasteiger partial charge in [-0.15, -0.1) is 0 Å². The lowest BCUT2D eigenvalue weighted by Gasteiger charge is -2.39. The van der Waals surface area contributed by atoms with Gasteiger partial charge in [-0.25, -0.2) is 0 Å². The van der Waals surface area contributed by atoms with E-state index in [2.05, 4.69) is 24.1 Å². The topological polar surface area (TPSA) is 41.6 Å². The summed E-state index contributed by atoms with van der Waals surface area (Å²) in [6.45, 7) is 7.64. The van der Waals surface area contributed by atoms with Crippen molar-refractivity contribution in [2.75, 3.05) is 18.4 Å². The summed E-state index contributed by atoms with van der Waals surface area (Å²) in [7, 11) is 0. The molecule has 0 bridgehead atoms. The van der Waals surface area contributed by atoms with Gasteiger partial charge in [0, 0.05) is 18.8 Å². The van der Waals surface area contributed by atoms with Gasteiger partial charge in [0.2, 0.25) is 5.91 Å². The highest BCUT2D eigenvalue weighted by atomic mass is 16.5. The van der Waals surface area contributed by atoms with Crippen LogP contribution in [0.5, 0.6) is 0 Å². The van der Waals surface area contributed by atoms with E-state index in [1.54, 1.807) is 0 Å². The number of carbonyl (C=O) groups excluding carboxylic acids is 1. The van der Waals surface area contributed by atoms with Crippen LogP contribution in [-0.2, 0) is 9.53 Å². The zero-order chi connectivity index (χ0) is 17.8. The molecule has 4 nitrogen and oxygen atoms in total. The van der Waals surface area contributed by atoms with E-state index in [-0.39, 0.29) is 24.2 Å². The number of anilines is 1. The number of morpholine rings is 1.